The number of hydrogen-bond donors (Lipinski definition) is 0. The first-order valence-electron chi connectivity index (χ1n) is 11.1. The predicted octanol–water partition coefficient (Wildman–Crippen LogP) is 8.47. The minimum Gasteiger partial charge on any atom is -0.107 e. The van der Waals surface area contributed by atoms with Crippen LogP contribution in [0.3, 0.4) is 0 Å². The molecule has 0 aromatic heterocycles. The quantitative estimate of drug-likeness (QED) is 0.326. The van der Waals surface area contributed by atoms with Gasteiger partial charge in [-0.25, -0.2) is 0 Å². The second-order valence-corrected chi connectivity index (χ2v) is 8.48. The van der Waals surface area contributed by atoms with Crippen molar-refractivity contribution in [1.82, 2.24) is 0 Å². The Kier molecular flexibility index (Phi) is 6.84. The lowest BCUT2D eigenvalue weighted by Crippen LogP contribution is -2.28. The Labute approximate surface area is 183 Å². The Balaban J connectivity index is 2.24. The van der Waals surface area contributed by atoms with Crippen LogP contribution in [0.25, 0.3) is 11.1 Å². The van der Waals surface area contributed by atoms with Gasteiger partial charge in [-0.05, 0) is 67.0 Å². The van der Waals surface area contributed by atoms with E-state index >= 15 is 0 Å². The maximum absolute atomic E-state index is 4.73. The van der Waals surface area contributed by atoms with Gasteiger partial charge in [0.2, 0.25) is 0 Å². The van der Waals surface area contributed by atoms with Crippen LogP contribution in [0.4, 0.5) is 0 Å². The number of hydrogen-bond acceptors (Lipinski definition) is 0. The summed E-state index contributed by atoms with van der Waals surface area (Å²) >= 11 is 0. The average Bonchev–Trinajstić information content (AvgIpc) is 3.11. The molecule has 154 valence electrons. The predicted molar refractivity (Wildman–Crippen MR) is 131 cm³/mol. The molecule has 0 bridgehead atoms. The Morgan fingerprint density at radius 2 is 1.63 bits per heavy atom. The van der Waals surface area contributed by atoms with Crippen LogP contribution < -0.4 is 0 Å². The zero-order chi connectivity index (χ0) is 21.7. The standard InChI is InChI=1S/C30H34/c1-7-10-15-21-30(6,23(5)24(16-8-2)22(4)9-3)29-27-19-13-11-17-25(27)26-18-12-14-20-28(26)29/h8,11-14,16-20,29H,5,9,15,21H2,1-4,6H3/b16-8-,24-22-. The van der Waals surface area contributed by atoms with Gasteiger partial charge in [0, 0.05) is 17.8 Å². The maximum Gasteiger partial charge on any atom is 0.0196 e. The summed E-state index contributed by atoms with van der Waals surface area (Å²) in [6.45, 7) is 15.6. The molecule has 0 fully saturated rings. The Hall–Kier alpha value is -2.78. The molecule has 0 aliphatic heterocycles. The maximum atomic E-state index is 4.73. The van der Waals surface area contributed by atoms with E-state index in [0.29, 0.717) is 0 Å². The molecule has 2 aromatic carbocycles. The second-order valence-electron chi connectivity index (χ2n) is 8.48. The van der Waals surface area contributed by atoms with Crippen molar-refractivity contribution >= 4 is 0 Å². The van der Waals surface area contributed by atoms with Crippen LogP contribution in [0.15, 0.2) is 84.0 Å². The minimum atomic E-state index is -0.127. The zero-order valence-electron chi connectivity index (χ0n) is 19.2. The first kappa shape index (κ1) is 21.9. The third-order valence-corrected chi connectivity index (χ3v) is 6.75. The molecule has 0 amide bonds. The largest absolute Gasteiger partial charge is 0.107 e. The highest BCUT2D eigenvalue weighted by atomic mass is 14.5. The first-order chi connectivity index (χ1) is 14.5. The number of fused-ring (bicyclic) bond motifs is 3. The van der Waals surface area contributed by atoms with Crippen LogP contribution in [0, 0.1) is 17.3 Å². The first-order valence-corrected chi connectivity index (χ1v) is 11.1. The highest BCUT2D eigenvalue weighted by Crippen LogP contribution is 2.58. The lowest BCUT2D eigenvalue weighted by Gasteiger charge is -2.40. The molecule has 30 heavy (non-hydrogen) atoms. The fourth-order valence-electron chi connectivity index (χ4n) is 4.92. The molecule has 1 aliphatic rings. The smallest absolute Gasteiger partial charge is 0.0196 e. The van der Waals surface area contributed by atoms with E-state index in [1.54, 1.807) is 0 Å². The highest BCUT2D eigenvalue weighted by molar-refractivity contribution is 5.79. The van der Waals surface area contributed by atoms with Gasteiger partial charge in [0.25, 0.3) is 0 Å². The van der Waals surface area contributed by atoms with Gasteiger partial charge in [-0.2, -0.15) is 0 Å². The molecule has 0 N–H and O–H groups in total. The summed E-state index contributed by atoms with van der Waals surface area (Å²) in [7, 11) is 0. The Bertz CT molecular complexity index is 1010. The van der Waals surface area contributed by atoms with Gasteiger partial charge in [0.1, 0.15) is 0 Å². The lowest BCUT2D eigenvalue weighted by molar-refractivity contribution is 0.333. The molecule has 0 spiro atoms. The molecule has 0 saturated heterocycles. The van der Waals surface area contributed by atoms with Gasteiger partial charge in [0.15, 0.2) is 0 Å². The summed E-state index contributed by atoms with van der Waals surface area (Å²) < 4.78 is 0. The molecule has 1 aliphatic carbocycles. The van der Waals surface area contributed by atoms with Crippen molar-refractivity contribution in [2.24, 2.45) is 5.41 Å². The summed E-state index contributed by atoms with van der Waals surface area (Å²) in [5.74, 6) is 6.69. The molecule has 0 heterocycles. The van der Waals surface area contributed by atoms with Crippen LogP contribution in [0.2, 0.25) is 0 Å². The minimum absolute atomic E-state index is 0.127. The Morgan fingerprint density at radius 3 is 2.13 bits per heavy atom. The third-order valence-electron chi connectivity index (χ3n) is 6.75. The molecular weight excluding hydrogens is 360 g/mol. The van der Waals surface area contributed by atoms with E-state index in [1.165, 1.54) is 39.0 Å². The van der Waals surface area contributed by atoms with Crippen molar-refractivity contribution in [2.45, 2.75) is 59.8 Å². The molecule has 1 atom stereocenters. The van der Waals surface area contributed by atoms with Gasteiger partial charge >= 0.3 is 0 Å². The number of benzene rings is 2. The van der Waals surface area contributed by atoms with Gasteiger partial charge in [0.05, 0.1) is 0 Å². The summed E-state index contributed by atoms with van der Waals surface area (Å²) in [5.41, 5.74) is 9.36. The van der Waals surface area contributed by atoms with E-state index in [2.05, 4.69) is 100 Å². The highest BCUT2D eigenvalue weighted by Gasteiger charge is 2.44. The van der Waals surface area contributed by atoms with E-state index < -0.39 is 0 Å². The van der Waals surface area contributed by atoms with Crippen LogP contribution in [0.5, 0.6) is 0 Å². The molecule has 0 nitrogen and oxygen atoms in total. The van der Waals surface area contributed by atoms with Gasteiger partial charge in [-0.15, -0.1) is 11.8 Å². The summed E-state index contributed by atoms with van der Waals surface area (Å²) in [6, 6.07) is 17.8. The van der Waals surface area contributed by atoms with E-state index in [0.717, 1.165) is 19.3 Å². The third kappa shape index (κ3) is 3.82. The lowest BCUT2D eigenvalue weighted by atomic mass is 9.63. The van der Waals surface area contributed by atoms with E-state index in [1.807, 2.05) is 6.92 Å². The number of rotatable bonds is 7. The molecular formula is C30H34. The fraction of sp³-hybridized carbons (Fsp3) is 0.333. The van der Waals surface area contributed by atoms with Crippen LogP contribution in [-0.4, -0.2) is 0 Å². The van der Waals surface area contributed by atoms with Crippen molar-refractivity contribution in [3.05, 3.63) is 95.1 Å². The fourth-order valence-corrected chi connectivity index (χ4v) is 4.92. The normalized spacial score (nSPS) is 15.6. The number of allylic oxidation sites excluding steroid dienone is 5. The van der Waals surface area contributed by atoms with Crippen molar-refractivity contribution in [2.75, 3.05) is 0 Å². The van der Waals surface area contributed by atoms with Crippen molar-refractivity contribution < 1.29 is 0 Å². The van der Waals surface area contributed by atoms with Gasteiger partial charge < -0.3 is 0 Å². The summed E-state index contributed by atoms with van der Waals surface area (Å²) in [4.78, 5) is 0. The van der Waals surface area contributed by atoms with Gasteiger partial charge in [-0.3, -0.25) is 0 Å². The van der Waals surface area contributed by atoms with Crippen molar-refractivity contribution in [1.29, 1.82) is 0 Å². The second kappa shape index (κ2) is 9.36. The zero-order valence-corrected chi connectivity index (χ0v) is 19.2. The van der Waals surface area contributed by atoms with Crippen LogP contribution in [0.1, 0.15) is 70.9 Å². The molecule has 0 heteroatoms. The van der Waals surface area contributed by atoms with E-state index in [-0.39, 0.29) is 11.3 Å². The SMILES string of the molecule is C=C(C(/C=C\C)=C(/C)CC)C(C)(CCC#CC)C1c2ccccc2-c2ccccc21. The van der Waals surface area contributed by atoms with Crippen LogP contribution in [-0.2, 0) is 0 Å². The molecule has 1 unspecified atom stereocenters. The Morgan fingerprint density at radius 1 is 1.07 bits per heavy atom. The van der Waals surface area contributed by atoms with Crippen LogP contribution >= 0.6 is 0 Å². The average molecular weight is 395 g/mol. The monoisotopic (exact) mass is 394 g/mol. The molecule has 0 saturated carbocycles. The van der Waals surface area contributed by atoms with Crippen molar-refractivity contribution in [3.63, 3.8) is 0 Å². The van der Waals surface area contributed by atoms with Gasteiger partial charge in [-0.1, -0.05) is 86.7 Å². The molecule has 0 radical (unpaired) electrons. The van der Waals surface area contributed by atoms with E-state index in [4.69, 9.17) is 6.58 Å². The molecule has 2 aromatic rings. The molecule has 3 rings (SSSR count). The summed E-state index contributed by atoms with van der Waals surface area (Å²) in [6.07, 6.45) is 7.28. The topological polar surface area (TPSA) is 0 Å². The van der Waals surface area contributed by atoms with E-state index in [9.17, 15) is 0 Å². The van der Waals surface area contributed by atoms with Crippen molar-refractivity contribution in [3.8, 4) is 23.0 Å². The summed E-state index contributed by atoms with van der Waals surface area (Å²) in [5, 5.41) is 0.